The first kappa shape index (κ1) is 27.0. The van der Waals surface area contributed by atoms with Gasteiger partial charge in [-0.3, -0.25) is 4.79 Å². The second kappa shape index (κ2) is 7.96. The van der Waals surface area contributed by atoms with Crippen molar-refractivity contribution in [1.82, 2.24) is 0 Å². The van der Waals surface area contributed by atoms with Crippen LogP contribution in [0.25, 0.3) is 0 Å². The van der Waals surface area contributed by atoms with Gasteiger partial charge in [-0.15, -0.1) is 0 Å². The van der Waals surface area contributed by atoms with Gasteiger partial charge in [0.1, 0.15) is 6.10 Å². The van der Waals surface area contributed by atoms with Gasteiger partial charge in [0.15, 0.2) is 0 Å². The van der Waals surface area contributed by atoms with Crippen molar-refractivity contribution in [2.24, 2.45) is 56.7 Å². The third-order valence-electron chi connectivity index (χ3n) is 13.7. The molecule has 0 aromatic heterocycles. The Hall–Kier alpha value is -0.610. The maximum absolute atomic E-state index is 12.4. The maximum Gasteiger partial charge on any atom is 0.302 e. The molecule has 11 atom stereocenters. The third kappa shape index (κ3) is 3.41. The smallest absolute Gasteiger partial charge is 0.302 e. The monoisotopic (exact) mass is 502 g/mol. The van der Waals surface area contributed by atoms with Gasteiger partial charge < -0.3 is 14.9 Å². The van der Waals surface area contributed by atoms with Crippen LogP contribution in [0, 0.1) is 56.7 Å². The van der Waals surface area contributed by atoms with Gasteiger partial charge in [0.2, 0.25) is 0 Å². The molecule has 0 amide bonds. The summed E-state index contributed by atoms with van der Waals surface area (Å²) in [6.07, 6.45) is 9.45. The van der Waals surface area contributed by atoms with Gasteiger partial charge in [-0.05, 0) is 116 Å². The molecule has 0 radical (unpaired) electrons. The molecule has 0 heterocycles. The van der Waals surface area contributed by atoms with Crippen LogP contribution in [-0.2, 0) is 9.53 Å². The molecule has 5 aliphatic carbocycles. The van der Waals surface area contributed by atoms with Crippen LogP contribution in [-0.4, -0.2) is 34.0 Å². The van der Waals surface area contributed by atoms with E-state index in [2.05, 4.69) is 41.5 Å². The Morgan fingerprint density at radius 2 is 1.44 bits per heavy atom. The first-order valence-corrected chi connectivity index (χ1v) is 15.0. The van der Waals surface area contributed by atoms with E-state index in [1.807, 2.05) is 13.8 Å². The van der Waals surface area contributed by atoms with Crippen LogP contribution >= 0.6 is 0 Å². The predicted octanol–water partition coefficient (Wildman–Crippen LogP) is 6.76. The van der Waals surface area contributed by atoms with Crippen LogP contribution in [0.3, 0.4) is 0 Å². The van der Waals surface area contributed by atoms with Crippen LogP contribution in [0.2, 0.25) is 0 Å². The van der Waals surface area contributed by atoms with Crippen molar-refractivity contribution in [3.05, 3.63) is 0 Å². The van der Waals surface area contributed by atoms with E-state index in [0.29, 0.717) is 17.8 Å². The summed E-state index contributed by atoms with van der Waals surface area (Å²) in [5, 5.41) is 22.9. The number of aliphatic hydroxyl groups is 2. The van der Waals surface area contributed by atoms with E-state index in [1.165, 1.54) is 32.1 Å². The van der Waals surface area contributed by atoms with Crippen molar-refractivity contribution in [2.75, 3.05) is 0 Å². The summed E-state index contributed by atoms with van der Waals surface area (Å²) in [5.74, 6) is 1.61. The molecule has 4 nitrogen and oxygen atoms in total. The molecule has 5 saturated carbocycles. The summed E-state index contributed by atoms with van der Waals surface area (Å²) < 4.78 is 6.27. The quantitative estimate of drug-likeness (QED) is 0.409. The summed E-state index contributed by atoms with van der Waals surface area (Å²) in [5.41, 5.74) is -0.472. The zero-order valence-corrected chi connectivity index (χ0v) is 24.6. The lowest BCUT2D eigenvalue weighted by molar-refractivity contribution is -0.282. The summed E-state index contributed by atoms with van der Waals surface area (Å²) in [4.78, 5) is 12.4. The molecule has 0 saturated heterocycles. The second-order valence-corrected chi connectivity index (χ2v) is 16.3. The Morgan fingerprint density at radius 1 is 0.861 bits per heavy atom. The number of aliphatic hydroxyl groups excluding tert-OH is 1. The topological polar surface area (TPSA) is 66.8 Å². The zero-order chi connectivity index (χ0) is 26.7. The molecule has 5 rings (SSSR count). The fourth-order valence-corrected chi connectivity index (χ4v) is 12.7. The molecule has 0 unspecified atom stereocenters. The first-order valence-electron chi connectivity index (χ1n) is 15.0. The van der Waals surface area contributed by atoms with Crippen molar-refractivity contribution in [3.8, 4) is 0 Å². The third-order valence-corrected chi connectivity index (χ3v) is 13.7. The molecule has 0 spiro atoms. The molecule has 0 bridgehead atoms. The van der Waals surface area contributed by atoms with Crippen LogP contribution < -0.4 is 0 Å². The van der Waals surface area contributed by atoms with Crippen molar-refractivity contribution in [3.63, 3.8) is 0 Å². The van der Waals surface area contributed by atoms with E-state index in [-0.39, 0.29) is 51.0 Å². The van der Waals surface area contributed by atoms with Gasteiger partial charge in [-0.2, -0.15) is 0 Å². The Morgan fingerprint density at radius 3 is 2.03 bits per heavy atom. The standard InChI is InChI=1S/C32H54O4/c1-19(33)36-22-18-32(9)24(30(7)15-10-14-27(2,3)26(22)30)12-11-23-29(6)16-13-20(28(4,5)35)25(29)21(34)17-31(23,32)8/h20-26,34-35H,10-18H2,1-9H3/t20-,21-,22-,23+,24+,25+,26+,29+,30+,31+,32+/m0/s1. The summed E-state index contributed by atoms with van der Waals surface area (Å²) in [6, 6.07) is 0. The normalized spacial score (nSPS) is 54.0. The fourth-order valence-electron chi connectivity index (χ4n) is 12.7. The SMILES string of the molecule is CC(=O)O[C@H]1C[C@]2(C)[C@H](CC[C@@H]3[C@@]4(C)CC[C@H](C(C)(C)O)[C@@H]4[C@@H](O)C[C@]32C)[C@@]2(C)CCCC(C)(C)[C@@H]12. The van der Waals surface area contributed by atoms with Crippen LogP contribution in [0.15, 0.2) is 0 Å². The van der Waals surface area contributed by atoms with Gasteiger partial charge in [0.05, 0.1) is 11.7 Å². The number of hydrogen-bond acceptors (Lipinski definition) is 4. The lowest BCUT2D eigenvalue weighted by Gasteiger charge is -2.74. The molecule has 5 fully saturated rings. The van der Waals surface area contributed by atoms with Crippen molar-refractivity contribution >= 4 is 5.97 Å². The van der Waals surface area contributed by atoms with Crippen molar-refractivity contribution in [2.45, 2.75) is 138 Å². The molecule has 0 aromatic rings. The number of ether oxygens (including phenoxy) is 1. The summed E-state index contributed by atoms with van der Waals surface area (Å²) in [6.45, 7) is 20.3. The minimum absolute atomic E-state index is 0.00349. The van der Waals surface area contributed by atoms with E-state index >= 15 is 0 Å². The minimum atomic E-state index is -0.766. The number of carbonyl (C=O) groups is 1. The van der Waals surface area contributed by atoms with Crippen molar-refractivity contribution < 1.29 is 19.7 Å². The van der Waals surface area contributed by atoms with Gasteiger partial charge in [0.25, 0.3) is 0 Å². The Bertz CT molecular complexity index is 904. The van der Waals surface area contributed by atoms with Gasteiger partial charge in [0, 0.05) is 12.8 Å². The number of rotatable bonds is 2. The molecule has 36 heavy (non-hydrogen) atoms. The molecule has 2 N–H and O–H groups in total. The molecular formula is C32H54O4. The average Bonchev–Trinajstić information content (AvgIpc) is 3.06. The molecule has 4 heteroatoms. The predicted molar refractivity (Wildman–Crippen MR) is 143 cm³/mol. The Kier molecular flexibility index (Phi) is 5.97. The molecule has 0 aliphatic heterocycles. The fraction of sp³-hybridized carbons (Fsp3) is 0.969. The van der Waals surface area contributed by atoms with Crippen LogP contribution in [0.4, 0.5) is 0 Å². The second-order valence-electron chi connectivity index (χ2n) is 16.3. The number of hydrogen-bond donors (Lipinski definition) is 2. The summed E-state index contributed by atoms with van der Waals surface area (Å²) in [7, 11) is 0. The van der Waals surface area contributed by atoms with E-state index in [4.69, 9.17) is 4.74 Å². The molecule has 0 aromatic carbocycles. The highest BCUT2D eigenvalue weighted by Crippen LogP contribution is 2.78. The molecular weight excluding hydrogens is 448 g/mol. The highest BCUT2D eigenvalue weighted by atomic mass is 16.5. The molecule has 206 valence electrons. The zero-order valence-electron chi connectivity index (χ0n) is 24.6. The number of fused-ring (bicyclic) bond motifs is 7. The van der Waals surface area contributed by atoms with Crippen LogP contribution in [0.1, 0.15) is 120 Å². The highest BCUT2D eigenvalue weighted by Gasteiger charge is 2.74. The maximum atomic E-state index is 12.4. The highest BCUT2D eigenvalue weighted by molar-refractivity contribution is 5.66. The lowest BCUT2D eigenvalue weighted by atomic mass is 9.31. The first-order chi connectivity index (χ1) is 16.4. The summed E-state index contributed by atoms with van der Waals surface area (Å²) >= 11 is 0. The average molecular weight is 503 g/mol. The molecule has 5 aliphatic rings. The Balaban J connectivity index is 1.60. The lowest BCUT2D eigenvalue weighted by Crippen LogP contribution is -2.70. The van der Waals surface area contributed by atoms with E-state index in [9.17, 15) is 15.0 Å². The van der Waals surface area contributed by atoms with E-state index < -0.39 is 11.7 Å². The van der Waals surface area contributed by atoms with Gasteiger partial charge in [-0.1, -0.05) is 48.0 Å². The van der Waals surface area contributed by atoms with Crippen LogP contribution in [0.5, 0.6) is 0 Å². The number of carbonyl (C=O) groups excluding carboxylic acids is 1. The van der Waals surface area contributed by atoms with Gasteiger partial charge >= 0.3 is 5.97 Å². The van der Waals surface area contributed by atoms with Gasteiger partial charge in [-0.25, -0.2) is 0 Å². The largest absolute Gasteiger partial charge is 0.462 e. The number of esters is 1. The minimum Gasteiger partial charge on any atom is -0.462 e. The van der Waals surface area contributed by atoms with E-state index in [1.54, 1.807) is 6.92 Å². The Labute approximate surface area is 220 Å². The van der Waals surface area contributed by atoms with E-state index in [0.717, 1.165) is 25.7 Å². The van der Waals surface area contributed by atoms with Crippen molar-refractivity contribution in [1.29, 1.82) is 0 Å².